The zero-order valence-electron chi connectivity index (χ0n) is 11.0. The molecule has 2 bridgehead atoms. The first-order chi connectivity index (χ1) is 9.63. The summed E-state index contributed by atoms with van der Waals surface area (Å²) in [6, 6.07) is 3.06. The summed E-state index contributed by atoms with van der Waals surface area (Å²) < 4.78 is 0. The topological polar surface area (TPSA) is 66.4 Å². The van der Waals surface area contributed by atoms with E-state index in [1.165, 1.54) is 18.9 Å². The van der Waals surface area contributed by atoms with E-state index in [-0.39, 0.29) is 10.8 Å². The molecule has 1 amide bonds. The standard InChI is InChI=1S/C15H17NO3S/c17-14(12-5-6-13(20-12)15(18)19)16-8-11-7-9-1-3-10(11)4-2-9/h1,3,5-6,9-11H,2,4,7-8H2,(H,16,17)(H,18,19). The van der Waals surface area contributed by atoms with Gasteiger partial charge >= 0.3 is 5.97 Å². The Bertz CT molecular complexity index is 563. The summed E-state index contributed by atoms with van der Waals surface area (Å²) in [5.41, 5.74) is 0. The monoisotopic (exact) mass is 291 g/mol. The molecule has 0 aromatic carbocycles. The van der Waals surface area contributed by atoms with Crippen LogP contribution in [0.3, 0.4) is 0 Å². The first kappa shape index (κ1) is 13.4. The van der Waals surface area contributed by atoms with E-state index < -0.39 is 5.97 Å². The zero-order valence-corrected chi connectivity index (χ0v) is 11.9. The van der Waals surface area contributed by atoms with E-state index in [4.69, 9.17) is 5.11 Å². The maximum Gasteiger partial charge on any atom is 0.345 e. The lowest BCUT2D eigenvalue weighted by molar-refractivity contribution is 0.0702. The molecule has 2 N–H and O–H groups in total. The highest BCUT2D eigenvalue weighted by Crippen LogP contribution is 2.39. The van der Waals surface area contributed by atoms with Crippen molar-refractivity contribution in [3.8, 4) is 0 Å². The molecule has 1 fully saturated rings. The molecule has 0 radical (unpaired) electrons. The molecular formula is C15H17NO3S. The molecule has 0 aliphatic heterocycles. The summed E-state index contributed by atoms with van der Waals surface area (Å²) in [5.74, 6) is 0.666. The highest BCUT2D eigenvalue weighted by atomic mass is 32.1. The van der Waals surface area contributed by atoms with Gasteiger partial charge in [0.15, 0.2) is 0 Å². The van der Waals surface area contributed by atoms with Gasteiger partial charge in [0.2, 0.25) is 0 Å². The molecule has 4 rings (SSSR count). The summed E-state index contributed by atoms with van der Waals surface area (Å²) in [7, 11) is 0. The van der Waals surface area contributed by atoms with Gasteiger partial charge < -0.3 is 10.4 Å². The first-order valence-electron chi connectivity index (χ1n) is 6.93. The lowest BCUT2D eigenvalue weighted by Gasteiger charge is -2.38. The zero-order chi connectivity index (χ0) is 14.1. The van der Waals surface area contributed by atoms with E-state index in [1.54, 1.807) is 6.07 Å². The molecule has 5 heteroatoms. The lowest BCUT2D eigenvalue weighted by atomic mass is 9.69. The number of nitrogens with one attached hydrogen (secondary N) is 1. The maximum absolute atomic E-state index is 12.0. The minimum atomic E-state index is -0.983. The fourth-order valence-electron chi connectivity index (χ4n) is 3.17. The summed E-state index contributed by atoms with van der Waals surface area (Å²) in [5, 5.41) is 11.8. The normalized spacial score (nSPS) is 27.5. The number of carboxylic acid groups (broad SMARTS) is 1. The molecule has 3 aliphatic carbocycles. The van der Waals surface area contributed by atoms with E-state index >= 15 is 0 Å². The molecule has 3 unspecified atom stereocenters. The number of hydrogen-bond acceptors (Lipinski definition) is 3. The minimum absolute atomic E-state index is 0.159. The Morgan fingerprint density at radius 3 is 2.60 bits per heavy atom. The third-order valence-electron chi connectivity index (χ3n) is 4.28. The summed E-state index contributed by atoms with van der Waals surface area (Å²) in [6.07, 6.45) is 8.27. The molecule has 20 heavy (non-hydrogen) atoms. The van der Waals surface area contributed by atoms with Crippen molar-refractivity contribution in [2.75, 3.05) is 6.54 Å². The van der Waals surface area contributed by atoms with Crippen molar-refractivity contribution in [2.24, 2.45) is 17.8 Å². The Balaban J connectivity index is 1.57. The van der Waals surface area contributed by atoms with E-state index in [9.17, 15) is 9.59 Å². The molecule has 1 aromatic heterocycles. The summed E-state index contributed by atoms with van der Waals surface area (Å²) >= 11 is 1.03. The van der Waals surface area contributed by atoms with Gasteiger partial charge in [0, 0.05) is 6.54 Å². The lowest BCUT2D eigenvalue weighted by Crippen LogP contribution is -2.37. The number of hydrogen-bond donors (Lipinski definition) is 2. The number of carbonyl (C=O) groups is 2. The minimum Gasteiger partial charge on any atom is -0.477 e. The van der Waals surface area contributed by atoms with Crippen LogP contribution in [0.2, 0.25) is 0 Å². The van der Waals surface area contributed by atoms with Crippen molar-refractivity contribution in [3.63, 3.8) is 0 Å². The largest absolute Gasteiger partial charge is 0.477 e. The van der Waals surface area contributed by atoms with Crippen LogP contribution in [-0.4, -0.2) is 23.5 Å². The number of thiophene rings is 1. The van der Waals surface area contributed by atoms with Crippen molar-refractivity contribution in [1.82, 2.24) is 5.32 Å². The Morgan fingerprint density at radius 2 is 2.05 bits per heavy atom. The fraction of sp³-hybridized carbons (Fsp3) is 0.467. The molecule has 4 nitrogen and oxygen atoms in total. The second-order valence-electron chi connectivity index (χ2n) is 5.56. The predicted octanol–water partition coefficient (Wildman–Crippen LogP) is 2.78. The Labute approximate surface area is 121 Å². The summed E-state index contributed by atoms with van der Waals surface area (Å²) in [4.78, 5) is 23.5. The average molecular weight is 291 g/mol. The number of aromatic carboxylic acids is 1. The maximum atomic E-state index is 12.0. The second-order valence-corrected chi connectivity index (χ2v) is 6.64. The molecule has 1 heterocycles. The van der Waals surface area contributed by atoms with Crippen molar-refractivity contribution < 1.29 is 14.7 Å². The third-order valence-corrected chi connectivity index (χ3v) is 5.35. The van der Waals surface area contributed by atoms with Gasteiger partial charge in [0.1, 0.15) is 4.88 Å². The number of allylic oxidation sites excluding steroid dienone is 2. The molecule has 0 saturated heterocycles. The van der Waals surface area contributed by atoms with E-state index in [2.05, 4.69) is 17.5 Å². The Morgan fingerprint density at radius 1 is 1.25 bits per heavy atom. The van der Waals surface area contributed by atoms with Crippen molar-refractivity contribution >= 4 is 23.2 Å². The highest BCUT2D eigenvalue weighted by molar-refractivity contribution is 7.15. The van der Waals surface area contributed by atoms with Gasteiger partial charge in [-0.3, -0.25) is 4.79 Å². The van der Waals surface area contributed by atoms with Crippen molar-refractivity contribution in [2.45, 2.75) is 19.3 Å². The van der Waals surface area contributed by atoms with Gasteiger partial charge in [0.05, 0.1) is 4.88 Å². The summed E-state index contributed by atoms with van der Waals surface area (Å²) in [6.45, 7) is 0.685. The molecule has 3 aliphatic rings. The molecular weight excluding hydrogens is 274 g/mol. The Kier molecular flexibility index (Phi) is 3.61. The van der Waals surface area contributed by atoms with Crippen molar-refractivity contribution in [3.05, 3.63) is 34.0 Å². The number of amides is 1. The molecule has 1 aromatic rings. The van der Waals surface area contributed by atoms with E-state index in [0.29, 0.717) is 29.2 Å². The van der Waals surface area contributed by atoms with Gasteiger partial charge in [-0.05, 0) is 49.1 Å². The van der Waals surface area contributed by atoms with Gasteiger partial charge in [-0.2, -0.15) is 0 Å². The van der Waals surface area contributed by atoms with E-state index in [0.717, 1.165) is 17.8 Å². The number of rotatable bonds is 4. The quantitative estimate of drug-likeness (QED) is 0.838. The molecule has 106 valence electrons. The van der Waals surface area contributed by atoms with Crippen LogP contribution >= 0.6 is 11.3 Å². The number of fused-ring (bicyclic) bond motifs is 2. The Hall–Kier alpha value is -1.62. The molecule has 0 spiro atoms. The predicted molar refractivity (Wildman–Crippen MR) is 77.1 cm³/mol. The van der Waals surface area contributed by atoms with Gasteiger partial charge in [-0.1, -0.05) is 12.2 Å². The third kappa shape index (κ3) is 2.63. The van der Waals surface area contributed by atoms with Crippen LogP contribution < -0.4 is 5.32 Å². The SMILES string of the molecule is O=C(O)c1ccc(C(=O)NCC2CC3C=CC2CC3)s1. The second kappa shape index (κ2) is 5.40. The highest BCUT2D eigenvalue weighted by Gasteiger charge is 2.31. The molecule has 1 saturated carbocycles. The van der Waals surface area contributed by atoms with Gasteiger partial charge in [-0.15, -0.1) is 11.3 Å². The smallest absolute Gasteiger partial charge is 0.345 e. The van der Waals surface area contributed by atoms with Crippen LogP contribution in [0.15, 0.2) is 24.3 Å². The van der Waals surface area contributed by atoms with Crippen LogP contribution in [0.4, 0.5) is 0 Å². The van der Waals surface area contributed by atoms with Crippen LogP contribution in [-0.2, 0) is 0 Å². The van der Waals surface area contributed by atoms with Crippen LogP contribution in [0.1, 0.15) is 38.6 Å². The van der Waals surface area contributed by atoms with Crippen LogP contribution in [0.25, 0.3) is 0 Å². The first-order valence-corrected chi connectivity index (χ1v) is 7.75. The van der Waals surface area contributed by atoms with Gasteiger partial charge in [0.25, 0.3) is 5.91 Å². The fourth-order valence-corrected chi connectivity index (χ4v) is 3.93. The molecule has 3 atom stereocenters. The van der Waals surface area contributed by atoms with Crippen LogP contribution in [0, 0.1) is 17.8 Å². The van der Waals surface area contributed by atoms with Crippen molar-refractivity contribution in [1.29, 1.82) is 0 Å². The average Bonchev–Trinajstić information content (AvgIpc) is 2.96. The number of carbonyl (C=O) groups excluding carboxylic acids is 1. The number of carboxylic acids is 1. The van der Waals surface area contributed by atoms with Gasteiger partial charge in [-0.25, -0.2) is 4.79 Å². The van der Waals surface area contributed by atoms with E-state index in [1.807, 2.05) is 0 Å². The van der Waals surface area contributed by atoms with Crippen LogP contribution in [0.5, 0.6) is 0 Å².